The van der Waals surface area contributed by atoms with E-state index in [1.165, 1.54) is 11.1 Å². The Morgan fingerprint density at radius 2 is 1.67 bits per heavy atom. The highest BCUT2D eigenvalue weighted by atomic mass is 35.5. The molecule has 0 N–H and O–H groups in total. The van der Waals surface area contributed by atoms with Gasteiger partial charge in [0.15, 0.2) is 5.60 Å². The van der Waals surface area contributed by atoms with Crippen LogP contribution in [-0.2, 0) is 4.74 Å². The number of methoxy groups -OCH3 is 1. The molecule has 0 bridgehead atoms. The van der Waals surface area contributed by atoms with Crippen molar-refractivity contribution in [2.24, 2.45) is 0 Å². The third-order valence-electron chi connectivity index (χ3n) is 5.05. The van der Waals surface area contributed by atoms with E-state index in [2.05, 4.69) is 37.3 Å². The first-order valence-electron chi connectivity index (χ1n) is 8.48. The molecule has 2 unspecified atom stereocenters. The molecule has 24 heavy (non-hydrogen) atoms. The number of benzene rings is 2. The fraction of sp³-hybridized carbons (Fsp3) is 0.381. The predicted molar refractivity (Wildman–Crippen MR) is 98.2 cm³/mol. The van der Waals surface area contributed by atoms with E-state index in [0.717, 1.165) is 30.4 Å². The Bertz CT molecular complexity index is 721. The normalized spacial score (nSPS) is 16.8. The first kappa shape index (κ1) is 17.0. The van der Waals surface area contributed by atoms with Crippen molar-refractivity contribution >= 4 is 11.6 Å². The van der Waals surface area contributed by atoms with Gasteiger partial charge in [-0.15, -0.1) is 11.6 Å². The molecule has 0 saturated carbocycles. The summed E-state index contributed by atoms with van der Waals surface area (Å²) in [6.45, 7) is 2.13. The van der Waals surface area contributed by atoms with Gasteiger partial charge in [-0.3, -0.25) is 0 Å². The quantitative estimate of drug-likeness (QED) is 0.650. The second kappa shape index (κ2) is 6.97. The van der Waals surface area contributed by atoms with Crippen LogP contribution in [0, 0.1) is 11.3 Å². The molecule has 124 valence electrons. The Morgan fingerprint density at radius 3 is 2.12 bits per heavy atom. The Hall–Kier alpha value is -1.82. The highest BCUT2D eigenvalue weighted by Crippen LogP contribution is 2.52. The zero-order chi connectivity index (χ0) is 17.2. The fourth-order valence-corrected chi connectivity index (χ4v) is 4.24. The monoisotopic (exact) mass is 339 g/mol. The van der Waals surface area contributed by atoms with E-state index in [1.54, 1.807) is 7.11 Å². The first-order valence-corrected chi connectivity index (χ1v) is 8.92. The van der Waals surface area contributed by atoms with Crippen LogP contribution >= 0.6 is 11.6 Å². The van der Waals surface area contributed by atoms with Gasteiger partial charge in [0.2, 0.25) is 0 Å². The van der Waals surface area contributed by atoms with Gasteiger partial charge in [-0.1, -0.05) is 68.3 Å². The largest absolute Gasteiger partial charge is 0.361 e. The van der Waals surface area contributed by atoms with Crippen molar-refractivity contribution in [1.82, 2.24) is 0 Å². The molecule has 0 fully saturated rings. The molecule has 0 saturated heterocycles. The van der Waals surface area contributed by atoms with Crippen molar-refractivity contribution in [3.05, 3.63) is 59.7 Å². The van der Waals surface area contributed by atoms with Crippen LogP contribution < -0.4 is 0 Å². The zero-order valence-corrected chi connectivity index (χ0v) is 14.9. The predicted octanol–water partition coefficient (Wildman–Crippen LogP) is 5.51. The van der Waals surface area contributed by atoms with Crippen molar-refractivity contribution in [3.8, 4) is 17.2 Å². The minimum Gasteiger partial charge on any atom is -0.361 e. The molecule has 0 aromatic heterocycles. The number of nitrogens with zero attached hydrogens (tertiary/aromatic N) is 1. The van der Waals surface area contributed by atoms with Gasteiger partial charge < -0.3 is 4.74 Å². The number of hydrogen-bond donors (Lipinski definition) is 0. The summed E-state index contributed by atoms with van der Waals surface area (Å²) in [5.74, 6) is -0.167. The third kappa shape index (κ3) is 2.53. The molecule has 0 aliphatic heterocycles. The summed E-state index contributed by atoms with van der Waals surface area (Å²) in [6, 6.07) is 19.0. The summed E-state index contributed by atoms with van der Waals surface area (Å²) >= 11 is 6.75. The van der Waals surface area contributed by atoms with Gasteiger partial charge >= 0.3 is 0 Å². The molecule has 2 nitrogen and oxygen atoms in total. The van der Waals surface area contributed by atoms with E-state index in [0.29, 0.717) is 0 Å². The fourth-order valence-electron chi connectivity index (χ4n) is 3.82. The number of nitriles is 1. The Labute approximate surface area is 149 Å². The van der Waals surface area contributed by atoms with E-state index < -0.39 is 5.60 Å². The molecule has 0 spiro atoms. The van der Waals surface area contributed by atoms with E-state index in [9.17, 15) is 5.26 Å². The van der Waals surface area contributed by atoms with Gasteiger partial charge in [-0.05, 0) is 28.7 Å². The topological polar surface area (TPSA) is 33.0 Å². The first-order chi connectivity index (χ1) is 11.7. The third-order valence-corrected chi connectivity index (χ3v) is 5.59. The number of fused-ring (bicyclic) bond motifs is 3. The number of alkyl halides is 1. The smallest absolute Gasteiger partial charge is 0.180 e. The summed E-state index contributed by atoms with van der Waals surface area (Å²) in [4.78, 5) is 0. The molecule has 3 rings (SSSR count). The summed E-state index contributed by atoms with van der Waals surface area (Å²) < 4.78 is 5.85. The van der Waals surface area contributed by atoms with E-state index in [4.69, 9.17) is 16.3 Å². The van der Waals surface area contributed by atoms with Crippen molar-refractivity contribution in [1.29, 1.82) is 5.26 Å². The number of rotatable bonds is 6. The van der Waals surface area contributed by atoms with Gasteiger partial charge in [0.1, 0.15) is 6.07 Å². The van der Waals surface area contributed by atoms with Crippen molar-refractivity contribution in [2.45, 2.75) is 43.1 Å². The lowest BCUT2D eigenvalue weighted by molar-refractivity contribution is 0.0203. The van der Waals surface area contributed by atoms with Crippen molar-refractivity contribution in [2.75, 3.05) is 7.11 Å². The van der Waals surface area contributed by atoms with Crippen LogP contribution in [0.4, 0.5) is 0 Å². The SMILES string of the molecule is CCCCC(Cl)C(C#N)(OC)C1c2ccccc2-c2ccccc21. The molecule has 2 aromatic rings. The number of halogens is 1. The molecule has 0 radical (unpaired) electrons. The average Bonchev–Trinajstić information content (AvgIpc) is 2.97. The summed E-state index contributed by atoms with van der Waals surface area (Å²) in [7, 11) is 1.61. The molecule has 0 heterocycles. The maximum atomic E-state index is 10.1. The zero-order valence-electron chi connectivity index (χ0n) is 14.1. The van der Waals surface area contributed by atoms with Crippen LogP contribution in [0.15, 0.2) is 48.5 Å². The second-order valence-electron chi connectivity index (χ2n) is 6.33. The van der Waals surface area contributed by atoms with Gasteiger partial charge in [0, 0.05) is 7.11 Å². The van der Waals surface area contributed by atoms with Crippen LogP contribution in [0.5, 0.6) is 0 Å². The maximum absolute atomic E-state index is 10.1. The molecule has 1 aliphatic rings. The van der Waals surface area contributed by atoms with Crippen LogP contribution in [0.3, 0.4) is 0 Å². The van der Waals surface area contributed by atoms with Crippen LogP contribution in [-0.4, -0.2) is 18.1 Å². The van der Waals surface area contributed by atoms with Gasteiger partial charge in [0.05, 0.1) is 11.3 Å². The molecule has 2 atom stereocenters. The lowest BCUT2D eigenvalue weighted by Gasteiger charge is -2.36. The van der Waals surface area contributed by atoms with Gasteiger partial charge in [0.25, 0.3) is 0 Å². The van der Waals surface area contributed by atoms with Crippen molar-refractivity contribution < 1.29 is 4.74 Å². The summed E-state index contributed by atoms with van der Waals surface area (Å²) in [5, 5.41) is 9.73. The highest BCUT2D eigenvalue weighted by Gasteiger charge is 2.50. The number of unbranched alkanes of at least 4 members (excludes halogenated alkanes) is 1. The van der Waals surface area contributed by atoms with Crippen LogP contribution in [0.1, 0.15) is 43.2 Å². The standard InChI is InChI=1S/C21H22ClNO/c1-3-4-13-19(22)21(14-23,24-2)20-17-11-7-5-9-15(17)16-10-6-8-12-18(16)20/h5-12,19-20H,3-4,13H2,1-2H3. The lowest BCUT2D eigenvalue weighted by Crippen LogP contribution is -2.45. The molecule has 0 amide bonds. The molecular weight excluding hydrogens is 318 g/mol. The Balaban J connectivity index is 2.17. The second-order valence-corrected chi connectivity index (χ2v) is 6.85. The number of hydrogen-bond acceptors (Lipinski definition) is 2. The Kier molecular flexibility index (Phi) is 4.94. The average molecular weight is 340 g/mol. The maximum Gasteiger partial charge on any atom is 0.180 e. The molecule has 1 aliphatic carbocycles. The minimum absolute atomic E-state index is 0.167. The lowest BCUT2D eigenvalue weighted by atomic mass is 9.77. The van der Waals surface area contributed by atoms with Crippen LogP contribution in [0.2, 0.25) is 0 Å². The highest BCUT2D eigenvalue weighted by molar-refractivity contribution is 6.21. The van der Waals surface area contributed by atoms with E-state index in [-0.39, 0.29) is 11.3 Å². The number of ether oxygens (including phenoxy) is 1. The molecule has 2 aromatic carbocycles. The van der Waals surface area contributed by atoms with Gasteiger partial charge in [-0.25, -0.2) is 0 Å². The summed E-state index contributed by atoms with van der Waals surface area (Å²) in [6.07, 6.45) is 2.80. The van der Waals surface area contributed by atoms with Gasteiger partial charge in [-0.2, -0.15) is 5.26 Å². The van der Waals surface area contributed by atoms with E-state index in [1.807, 2.05) is 24.3 Å². The summed E-state index contributed by atoms with van der Waals surface area (Å²) in [5.41, 5.74) is 3.54. The molecular formula is C21H22ClNO. The van der Waals surface area contributed by atoms with Crippen molar-refractivity contribution in [3.63, 3.8) is 0 Å². The van der Waals surface area contributed by atoms with E-state index >= 15 is 0 Å². The Morgan fingerprint density at radius 1 is 1.12 bits per heavy atom. The van der Waals surface area contributed by atoms with Crippen LogP contribution in [0.25, 0.3) is 11.1 Å². The molecule has 3 heteroatoms. The minimum atomic E-state index is -1.07.